The van der Waals surface area contributed by atoms with Crippen molar-refractivity contribution < 1.29 is 4.74 Å². The highest BCUT2D eigenvalue weighted by atomic mass is 79.9. The second-order valence-corrected chi connectivity index (χ2v) is 7.24. The largest absolute Gasteiger partial charge is 0.378 e. The molecule has 0 bridgehead atoms. The van der Waals surface area contributed by atoms with E-state index in [2.05, 4.69) is 31.2 Å². The second kappa shape index (κ2) is 5.85. The van der Waals surface area contributed by atoms with Crippen LogP contribution in [0.15, 0.2) is 16.0 Å². The van der Waals surface area contributed by atoms with Gasteiger partial charge in [-0.05, 0) is 29.8 Å². The van der Waals surface area contributed by atoms with Gasteiger partial charge in [0.2, 0.25) is 5.95 Å². The minimum Gasteiger partial charge on any atom is -0.378 e. The topological polar surface area (TPSA) is 56.1 Å². The van der Waals surface area contributed by atoms with Crippen LogP contribution < -0.4 is 4.90 Å². The van der Waals surface area contributed by atoms with E-state index in [0.717, 1.165) is 51.1 Å². The van der Waals surface area contributed by atoms with E-state index in [4.69, 9.17) is 14.7 Å². The van der Waals surface area contributed by atoms with Crippen molar-refractivity contribution in [2.75, 3.05) is 31.2 Å². The molecule has 0 spiro atoms. The number of aromatic nitrogens is 4. The van der Waals surface area contributed by atoms with Crippen LogP contribution >= 0.6 is 27.3 Å². The molecule has 23 heavy (non-hydrogen) atoms. The maximum absolute atomic E-state index is 5.44. The van der Waals surface area contributed by atoms with Crippen LogP contribution in [0.5, 0.6) is 0 Å². The molecule has 0 N–H and O–H groups in total. The molecule has 0 radical (unpaired) electrons. The van der Waals surface area contributed by atoms with Crippen LogP contribution in [-0.2, 0) is 4.74 Å². The Bertz CT molecular complexity index is 868. The summed E-state index contributed by atoms with van der Waals surface area (Å²) < 4.78 is 9.55. The maximum atomic E-state index is 5.44. The molecule has 0 saturated carbocycles. The van der Waals surface area contributed by atoms with Gasteiger partial charge in [-0.25, -0.2) is 9.97 Å². The molecule has 4 rings (SSSR count). The van der Waals surface area contributed by atoms with Gasteiger partial charge < -0.3 is 9.64 Å². The molecule has 1 aliphatic heterocycles. The molecular formula is C15H16BrN5OS. The second-order valence-electron chi connectivity index (χ2n) is 5.51. The van der Waals surface area contributed by atoms with Crippen molar-refractivity contribution in [3.63, 3.8) is 0 Å². The summed E-state index contributed by atoms with van der Waals surface area (Å²) in [7, 11) is 0. The number of ether oxygens (including phenoxy) is 1. The normalized spacial score (nSPS) is 15.5. The van der Waals surface area contributed by atoms with Crippen molar-refractivity contribution in [1.82, 2.24) is 19.5 Å². The summed E-state index contributed by atoms with van der Waals surface area (Å²) in [4.78, 5) is 16.3. The highest BCUT2D eigenvalue weighted by Crippen LogP contribution is 2.34. The molecular weight excluding hydrogens is 378 g/mol. The number of imidazole rings is 1. The van der Waals surface area contributed by atoms with Crippen molar-refractivity contribution in [2.45, 2.75) is 13.8 Å². The molecule has 3 aromatic rings. The van der Waals surface area contributed by atoms with Crippen molar-refractivity contribution in [3.8, 4) is 5.82 Å². The number of anilines is 1. The van der Waals surface area contributed by atoms with E-state index in [-0.39, 0.29) is 0 Å². The van der Waals surface area contributed by atoms with Crippen LogP contribution in [-0.4, -0.2) is 45.8 Å². The van der Waals surface area contributed by atoms with Gasteiger partial charge in [0.25, 0.3) is 0 Å². The van der Waals surface area contributed by atoms with Gasteiger partial charge in [-0.3, -0.25) is 4.57 Å². The van der Waals surface area contributed by atoms with Crippen molar-refractivity contribution in [3.05, 3.63) is 27.6 Å². The third-order valence-corrected chi connectivity index (χ3v) is 5.74. The Labute approximate surface area is 146 Å². The lowest BCUT2D eigenvalue weighted by Gasteiger charge is -2.27. The summed E-state index contributed by atoms with van der Waals surface area (Å²) in [6.45, 7) is 7.05. The summed E-state index contributed by atoms with van der Waals surface area (Å²) >= 11 is 5.25. The smallest absolute Gasteiger partial charge is 0.228 e. The van der Waals surface area contributed by atoms with Crippen LogP contribution in [0.1, 0.15) is 11.5 Å². The molecule has 1 fully saturated rings. The van der Waals surface area contributed by atoms with Crippen LogP contribution in [0.3, 0.4) is 0 Å². The molecule has 1 aliphatic rings. The highest BCUT2D eigenvalue weighted by Gasteiger charge is 2.20. The van der Waals surface area contributed by atoms with Gasteiger partial charge in [0.1, 0.15) is 11.3 Å². The van der Waals surface area contributed by atoms with Gasteiger partial charge >= 0.3 is 0 Å². The molecule has 6 nitrogen and oxygen atoms in total. The van der Waals surface area contributed by atoms with E-state index in [1.807, 2.05) is 24.6 Å². The Morgan fingerprint density at radius 3 is 2.65 bits per heavy atom. The zero-order valence-electron chi connectivity index (χ0n) is 12.9. The number of rotatable bonds is 2. The van der Waals surface area contributed by atoms with Gasteiger partial charge in [-0.2, -0.15) is 4.98 Å². The third-order valence-electron chi connectivity index (χ3n) is 3.87. The predicted molar refractivity (Wildman–Crippen MR) is 94.7 cm³/mol. The Morgan fingerprint density at radius 2 is 1.96 bits per heavy atom. The van der Waals surface area contributed by atoms with Gasteiger partial charge in [0, 0.05) is 24.7 Å². The lowest BCUT2D eigenvalue weighted by Crippen LogP contribution is -2.37. The zero-order chi connectivity index (χ0) is 16.0. The molecule has 0 aromatic carbocycles. The quantitative estimate of drug-likeness (QED) is 0.669. The molecule has 3 aromatic heterocycles. The van der Waals surface area contributed by atoms with Crippen LogP contribution in [0.4, 0.5) is 5.95 Å². The third kappa shape index (κ3) is 2.64. The van der Waals surface area contributed by atoms with E-state index >= 15 is 0 Å². The summed E-state index contributed by atoms with van der Waals surface area (Å²) in [6, 6.07) is 0. The molecule has 0 unspecified atom stereocenters. The molecule has 120 valence electrons. The van der Waals surface area contributed by atoms with E-state index in [1.54, 1.807) is 11.3 Å². The van der Waals surface area contributed by atoms with Crippen molar-refractivity contribution in [2.24, 2.45) is 0 Å². The van der Waals surface area contributed by atoms with Gasteiger partial charge in [0.15, 0.2) is 5.82 Å². The number of hydrogen-bond acceptors (Lipinski definition) is 6. The van der Waals surface area contributed by atoms with E-state index in [9.17, 15) is 0 Å². The minimum atomic E-state index is 0.713. The number of nitrogens with zero attached hydrogens (tertiary/aromatic N) is 5. The monoisotopic (exact) mass is 393 g/mol. The lowest BCUT2D eigenvalue weighted by atomic mass is 10.4. The first-order valence-corrected chi connectivity index (χ1v) is 9.11. The minimum absolute atomic E-state index is 0.713. The maximum Gasteiger partial charge on any atom is 0.228 e. The number of halogens is 1. The summed E-state index contributed by atoms with van der Waals surface area (Å²) in [5.74, 6) is 2.57. The first kappa shape index (κ1) is 15.0. The Morgan fingerprint density at radius 1 is 1.17 bits per heavy atom. The van der Waals surface area contributed by atoms with Crippen LogP contribution in [0.2, 0.25) is 0 Å². The molecule has 0 atom stereocenters. The van der Waals surface area contributed by atoms with E-state index < -0.39 is 0 Å². The molecule has 4 heterocycles. The fraction of sp³-hybridized carbons (Fsp3) is 0.400. The summed E-state index contributed by atoms with van der Waals surface area (Å²) in [6.07, 6.45) is 2.02. The summed E-state index contributed by atoms with van der Waals surface area (Å²) in [5, 5.41) is 2.06. The van der Waals surface area contributed by atoms with E-state index in [0.29, 0.717) is 13.2 Å². The number of thiophene rings is 1. The van der Waals surface area contributed by atoms with Crippen molar-refractivity contribution >= 4 is 43.4 Å². The van der Waals surface area contributed by atoms with Crippen LogP contribution in [0, 0.1) is 13.8 Å². The highest BCUT2D eigenvalue weighted by molar-refractivity contribution is 9.10. The molecule has 0 amide bonds. The first-order valence-electron chi connectivity index (χ1n) is 7.44. The van der Waals surface area contributed by atoms with Gasteiger partial charge in [0.05, 0.1) is 28.1 Å². The zero-order valence-corrected chi connectivity index (χ0v) is 15.3. The van der Waals surface area contributed by atoms with E-state index in [1.165, 1.54) is 0 Å². The molecule has 0 aliphatic carbocycles. The number of morpholine rings is 1. The summed E-state index contributed by atoms with van der Waals surface area (Å²) in [5.41, 5.74) is 1.94. The Kier molecular flexibility index (Phi) is 3.82. The number of aryl methyl sites for hydroxylation is 2. The fourth-order valence-corrected chi connectivity index (χ4v) is 4.31. The lowest BCUT2D eigenvalue weighted by molar-refractivity contribution is 0.122. The number of hydrogen-bond donors (Lipinski definition) is 0. The average molecular weight is 394 g/mol. The van der Waals surface area contributed by atoms with Crippen LogP contribution in [0.25, 0.3) is 16.0 Å². The van der Waals surface area contributed by atoms with Crippen molar-refractivity contribution in [1.29, 1.82) is 0 Å². The average Bonchev–Trinajstić information content (AvgIpc) is 3.10. The molecule has 1 saturated heterocycles. The van der Waals surface area contributed by atoms with Gasteiger partial charge in [-0.1, -0.05) is 0 Å². The molecule has 8 heteroatoms. The van der Waals surface area contributed by atoms with Gasteiger partial charge in [-0.15, -0.1) is 11.3 Å². The fourth-order valence-electron chi connectivity index (χ4n) is 2.76. The standard InChI is InChI=1S/C15H16BrN5OS/c1-9-7-21(10(2)17-9)14-13-12(11(16)8-23-13)18-15(19-14)20-3-5-22-6-4-20/h7-8H,3-6H2,1-2H3. The first-order chi connectivity index (χ1) is 11.1. The SMILES string of the molecule is Cc1cn(-c2nc(N3CCOCC3)nc3c(Br)csc23)c(C)n1. The number of fused-ring (bicyclic) bond motifs is 1. The predicted octanol–water partition coefficient (Wildman–Crippen LogP) is 3.09. The Hall–Kier alpha value is -1.51. The Balaban J connectivity index is 1.92.